The molecule has 0 saturated heterocycles. The molecule has 21 heavy (non-hydrogen) atoms. The highest BCUT2D eigenvalue weighted by Gasteiger charge is 2.10. The standard InChI is InChI=1S/C17H20BrNOS/c1-19-14(10-13-6-5-7-15(11-13)20-2)12-21-17-9-4-3-8-16(17)18/h3-9,11,14,19H,10,12H2,1-2H3. The molecule has 0 aliphatic rings. The van der Waals surface area contributed by atoms with E-state index < -0.39 is 0 Å². The number of hydrogen-bond donors (Lipinski definition) is 1. The van der Waals surface area contributed by atoms with Gasteiger partial charge in [0.25, 0.3) is 0 Å². The molecule has 112 valence electrons. The predicted molar refractivity (Wildman–Crippen MR) is 94.4 cm³/mol. The molecule has 2 aromatic rings. The van der Waals surface area contributed by atoms with Crippen molar-refractivity contribution in [2.24, 2.45) is 0 Å². The topological polar surface area (TPSA) is 21.3 Å². The summed E-state index contributed by atoms with van der Waals surface area (Å²) in [7, 11) is 3.73. The fourth-order valence-electron chi connectivity index (χ4n) is 2.08. The molecule has 0 aliphatic heterocycles. The maximum atomic E-state index is 5.28. The Hall–Kier alpha value is -0.970. The normalized spacial score (nSPS) is 12.1. The van der Waals surface area contributed by atoms with Crippen molar-refractivity contribution in [3.8, 4) is 5.75 Å². The largest absolute Gasteiger partial charge is 0.497 e. The minimum absolute atomic E-state index is 0.425. The van der Waals surface area contributed by atoms with Gasteiger partial charge in [-0.15, -0.1) is 11.8 Å². The molecular weight excluding hydrogens is 346 g/mol. The van der Waals surface area contributed by atoms with E-state index in [-0.39, 0.29) is 0 Å². The summed E-state index contributed by atoms with van der Waals surface area (Å²) in [5.74, 6) is 1.94. The van der Waals surface area contributed by atoms with Crippen molar-refractivity contribution >= 4 is 27.7 Å². The molecule has 0 spiro atoms. The van der Waals surface area contributed by atoms with Crippen molar-refractivity contribution < 1.29 is 4.74 Å². The fourth-order valence-corrected chi connectivity index (χ4v) is 3.75. The average Bonchev–Trinajstić information content (AvgIpc) is 2.53. The van der Waals surface area contributed by atoms with Crippen molar-refractivity contribution in [3.05, 3.63) is 58.6 Å². The highest BCUT2D eigenvalue weighted by molar-refractivity contribution is 9.10. The maximum Gasteiger partial charge on any atom is 0.119 e. The number of benzene rings is 2. The van der Waals surface area contributed by atoms with Gasteiger partial charge in [0.05, 0.1) is 7.11 Å². The minimum Gasteiger partial charge on any atom is -0.497 e. The summed E-state index contributed by atoms with van der Waals surface area (Å²) in [4.78, 5) is 1.28. The van der Waals surface area contributed by atoms with E-state index >= 15 is 0 Å². The Balaban J connectivity index is 1.95. The highest BCUT2D eigenvalue weighted by atomic mass is 79.9. The SMILES string of the molecule is CNC(CSc1ccccc1Br)Cc1cccc(OC)c1. The van der Waals surface area contributed by atoms with Crippen molar-refractivity contribution in [3.63, 3.8) is 0 Å². The second kappa shape index (κ2) is 8.47. The van der Waals surface area contributed by atoms with Crippen LogP contribution in [0.4, 0.5) is 0 Å². The van der Waals surface area contributed by atoms with Gasteiger partial charge < -0.3 is 10.1 Å². The Bertz CT molecular complexity index is 576. The van der Waals surface area contributed by atoms with E-state index in [1.807, 2.05) is 37.0 Å². The number of likely N-dealkylation sites (N-methyl/N-ethyl adjacent to an activating group) is 1. The lowest BCUT2D eigenvalue weighted by Gasteiger charge is -2.16. The van der Waals surface area contributed by atoms with Crippen LogP contribution in [0.3, 0.4) is 0 Å². The van der Waals surface area contributed by atoms with Gasteiger partial charge in [0.15, 0.2) is 0 Å². The second-order valence-electron chi connectivity index (χ2n) is 4.78. The molecule has 0 amide bonds. The molecule has 0 radical (unpaired) electrons. The van der Waals surface area contributed by atoms with E-state index in [1.165, 1.54) is 10.5 Å². The molecule has 2 rings (SSSR count). The quantitative estimate of drug-likeness (QED) is 0.735. The van der Waals surface area contributed by atoms with Crippen LogP contribution in [0.5, 0.6) is 5.75 Å². The summed E-state index contributed by atoms with van der Waals surface area (Å²) < 4.78 is 6.44. The smallest absolute Gasteiger partial charge is 0.119 e. The second-order valence-corrected chi connectivity index (χ2v) is 6.70. The van der Waals surface area contributed by atoms with Crippen LogP contribution in [-0.2, 0) is 6.42 Å². The van der Waals surface area contributed by atoms with Gasteiger partial charge in [0, 0.05) is 21.2 Å². The lowest BCUT2D eigenvalue weighted by Crippen LogP contribution is -2.30. The van der Waals surface area contributed by atoms with Crippen LogP contribution in [0.15, 0.2) is 57.9 Å². The third-order valence-corrected chi connectivity index (χ3v) is 5.49. The summed E-state index contributed by atoms with van der Waals surface area (Å²) >= 11 is 5.46. The number of nitrogens with one attached hydrogen (secondary N) is 1. The summed E-state index contributed by atoms with van der Waals surface area (Å²) in [6.07, 6.45) is 0.991. The third kappa shape index (κ3) is 5.06. The van der Waals surface area contributed by atoms with Gasteiger partial charge in [-0.2, -0.15) is 0 Å². The lowest BCUT2D eigenvalue weighted by atomic mass is 10.1. The molecule has 1 N–H and O–H groups in total. The van der Waals surface area contributed by atoms with Crippen molar-refractivity contribution in [1.82, 2.24) is 5.32 Å². The minimum atomic E-state index is 0.425. The zero-order valence-corrected chi connectivity index (χ0v) is 14.7. The van der Waals surface area contributed by atoms with Gasteiger partial charge in [0.1, 0.15) is 5.75 Å². The van der Waals surface area contributed by atoms with Crippen LogP contribution >= 0.6 is 27.7 Å². The Morgan fingerprint density at radius 2 is 2.00 bits per heavy atom. The van der Waals surface area contributed by atoms with Gasteiger partial charge >= 0.3 is 0 Å². The monoisotopic (exact) mass is 365 g/mol. The van der Waals surface area contributed by atoms with Crippen LogP contribution in [-0.4, -0.2) is 26.0 Å². The third-order valence-electron chi connectivity index (χ3n) is 3.30. The number of halogens is 1. The van der Waals surface area contributed by atoms with E-state index in [9.17, 15) is 0 Å². The average molecular weight is 366 g/mol. The molecule has 4 heteroatoms. The van der Waals surface area contributed by atoms with Gasteiger partial charge in [-0.25, -0.2) is 0 Å². The number of methoxy groups -OCH3 is 1. The van der Waals surface area contributed by atoms with Crippen LogP contribution in [0.1, 0.15) is 5.56 Å². The van der Waals surface area contributed by atoms with Crippen LogP contribution in [0.2, 0.25) is 0 Å². The Labute approximate surface area is 139 Å². The molecule has 0 fully saturated rings. The van der Waals surface area contributed by atoms with Gasteiger partial charge in [0.2, 0.25) is 0 Å². The number of hydrogen-bond acceptors (Lipinski definition) is 3. The van der Waals surface area contributed by atoms with E-state index in [0.29, 0.717) is 6.04 Å². The summed E-state index contributed by atoms with van der Waals surface area (Å²) in [6.45, 7) is 0. The molecule has 1 atom stereocenters. The van der Waals surface area contributed by atoms with Gasteiger partial charge in [-0.1, -0.05) is 24.3 Å². The summed E-state index contributed by atoms with van der Waals surface area (Å²) in [6, 6.07) is 17.0. The number of ether oxygens (including phenoxy) is 1. The van der Waals surface area contributed by atoms with Crippen LogP contribution in [0, 0.1) is 0 Å². The summed E-state index contributed by atoms with van der Waals surface area (Å²) in [5.41, 5.74) is 1.29. The van der Waals surface area contributed by atoms with E-state index in [2.05, 4.69) is 51.6 Å². The van der Waals surface area contributed by atoms with Gasteiger partial charge in [-0.3, -0.25) is 0 Å². The molecule has 2 nitrogen and oxygen atoms in total. The first-order chi connectivity index (χ1) is 10.2. The van der Waals surface area contributed by atoms with Gasteiger partial charge in [-0.05, 0) is 59.2 Å². The predicted octanol–water partition coefficient (Wildman–Crippen LogP) is 4.38. The first-order valence-corrected chi connectivity index (χ1v) is 8.68. The summed E-state index contributed by atoms with van der Waals surface area (Å²) in [5, 5.41) is 3.40. The Morgan fingerprint density at radius 3 is 2.71 bits per heavy atom. The maximum absolute atomic E-state index is 5.28. The number of rotatable bonds is 7. The molecule has 0 aliphatic carbocycles. The zero-order chi connectivity index (χ0) is 15.1. The Kier molecular flexibility index (Phi) is 6.61. The molecule has 2 aromatic carbocycles. The molecule has 0 bridgehead atoms. The fraction of sp³-hybridized carbons (Fsp3) is 0.294. The van der Waals surface area contributed by atoms with Crippen LogP contribution < -0.4 is 10.1 Å². The molecule has 0 aromatic heterocycles. The first-order valence-electron chi connectivity index (χ1n) is 6.90. The van der Waals surface area contributed by atoms with Crippen LogP contribution in [0.25, 0.3) is 0 Å². The van der Waals surface area contributed by atoms with Crippen molar-refractivity contribution in [1.29, 1.82) is 0 Å². The zero-order valence-electron chi connectivity index (χ0n) is 12.3. The lowest BCUT2D eigenvalue weighted by molar-refractivity contribution is 0.414. The molecule has 0 heterocycles. The Morgan fingerprint density at radius 1 is 1.19 bits per heavy atom. The van der Waals surface area contributed by atoms with E-state index in [1.54, 1.807) is 7.11 Å². The molecular formula is C17H20BrNOS. The first kappa shape index (κ1) is 16.4. The highest BCUT2D eigenvalue weighted by Crippen LogP contribution is 2.28. The number of thioether (sulfide) groups is 1. The molecule has 1 unspecified atom stereocenters. The van der Waals surface area contributed by atoms with Crippen molar-refractivity contribution in [2.75, 3.05) is 19.9 Å². The van der Waals surface area contributed by atoms with Crippen molar-refractivity contribution in [2.45, 2.75) is 17.4 Å². The molecule has 0 saturated carbocycles. The van der Waals surface area contributed by atoms with E-state index in [0.717, 1.165) is 22.4 Å². The van der Waals surface area contributed by atoms with E-state index in [4.69, 9.17) is 4.74 Å².